The van der Waals surface area contributed by atoms with Crippen molar-refractivity contribution >= 4 is 49.8 Å². The molecule has 0 bridgehead atoms. The van der Waals surface area contributed by atoms with Crippen molar-refractivity contribution in [2.75, 3.05) is 0 Å². The van der Waals surface area contributed by atoms with Crippen molar-refractivity contribution in [3.05, 3.63) is 74.7 Å². The van der Waals surface area contributed by atoms with E-state index in [9.17, 15) is 19.5 Å². The molecule has 0 saturated carbocycles. The smallest absolute Gasteiger partial charge is 0.414 e. The number of alkyl carbamates (subject to hydrolysis) is 1. The normalized spacial score (nSPS) is 12.9. The predicted octanol–water partition coefficient (Wildman–Crippen LogP) is 5.58. The molecule has 2 aromatic rings. The maximum Gasteiger partial charge on any atom is 0.414 e. The number of amides is 2. The lowest BCUT2D eigenvalue weighted by Crippen LogP contribution is -2.33. The number of allylic oxidation sites excluding steroid dienone is 1. The van der Waals surface area contributed by atoms with E-state index in [4.69, 9.17) is 9.84 Å². The Morgan fingerprint density at radius 2 is 1.84 bits per heavy atom. The Balaban J connectivity index is 2.22. The summed E-state index contributed by atoms with van der Waals surface area (Å²) >= 11 is 6.62. The van der Waals surface area contributed by atoms with E-state index in [0.29, 0.717) is 32.9 Å². The van der Waals surface area contributed by atoms with Gasteiger partial charge in [0, 0.05) is 21.7 Å². The molecule has 2 rings (SSSR count). The minimum Gasteiger partial charge on any atom is -0.506 e. The average Bonchev–Trinajstić information content (AvgIpc) is 2.72. The zero-order valence-electron chi connectivity index (χ0n) is 16.5. The van der Waals surface area contributed by atoms with Crippen molar-refractivity contribution in [3.8, 4) is 5.75 Å². The van der Waals surface area contributed by atoms with Crippen LogP contribution < -0.4 is 5.32 Å². The molecule has 0 aliphatic carbocycles. The van der Waals surface area contributed by atoms with Gasteiger partial charge in [-0.3, -0.25) is 10.1 Å². The zero-order chi connectivity index (χ0) is 23.0. The minimum atomic E-state index is -1.05. The topological polar surface area (TPSA) is 113 Å². The fraction of sp³-hybridized carbons (Fsp3) is 0.227. The highest BCUT2D eigenvalue weighted by Crippen LogP contribution is 2.40. The number of benzene rings is 2. The number of aliphatic carboxylic acids is 1. The Hall–Kier alpha value is -2.65. The van der Waals surface area contributed by atoms with Crippen LogP contribution in [0.15, 0.2) is 63.6 Å². The SMILES string of the molecule is C[C@@H](CC/C=C/C(=O)O)[C@H](OC(=O)NC(=O)c1ccccc1)c1cc(Br)cc(Br)c1O. The summed E-state index contributed by atoms with van der Waals surface area (Å²) in [5.74, 6) is -2.06. The molecule has 2 amide bonds. The van der Waals surface area contributed by atoms with E-state index >= 15 is 0 Å². The molecule has 0 fully saturated rings. The Morgan fingerprint density at radius 1 is 1.16 bits per heavy atom. The number of nitrogens with one attached hydrogen (secondary N) is 1. The number of carboxylic acids is 1. The summed E-state index contributed by atoms with van der Waals surface area (Å²) in [5.41, 5.74) is 0.647. The quantitative estimate of drug-likeness (QED) is 0.367. The molecule has 0 aliphatic heterocycles. The van der Waals surface area contributed by atoms with Crippen molar-refractivity contribution < 1.29 is 29.3 Å². The fourth-order valence-electron chi connectivity index (χ4n) is 2.88. The highest BCUT2D eigenvalue weighted by atomic mass is 79.9. The van der Waals surface area contributed by atoms with Crippen LogP contribution in [0.5, 0.6) is 5.75 Å². The molecule has 164 valence electrons. The van der Waals surface area contributed by atoms with Crippen molar-refractivity contribution in [1.29, 1.82) is 0 Å². The largest absolute Gasteiger partial charge is 0.506 e. The number of aromatic hydroxyl groups is 1. The van der Waals surface area contributed by atoms with Crippen LogP contribution in [0.3, 0.4) is 0 Å². The van der Waals surface area contributed by atoms with Gasteiger partial charge in [0.05, 0.1) is 4.47 Å². The average molecular weight is 555 g/mol. The molecule has 0 aromatic heterocycles. The highest BCUT2D eigenvalue weighted by Gasteiger charge is 2.28. The molecule has 7 nitrogen and oxygen atoms in total. The highest BCUT2D eigenvalue weighted by molar-refractivity contribution is 9.11. The van der Waals surface area contributed by atoms with E-state index in [0.717, 1.165) is 6.08 Å². The third-order valence-electron chi connectivity index (χ3n) is 4.42. The number of ether oxygens (including phenoxy) is 1. The van der Waals surface area contributed by atoms with Gasteiger partial charge >= 0.3 is 12.1 Å². The summed E-state index contributed by atoms with van der Waals surface area (Å²) in [6.07, 6.45) is 1.59. The zero-order valence-corrected chi connectivity index (χ0v) is 19.7. The van der Waals surface area contributed by atoms with Crippen LogP contribution >= 0.6 is 31.9 Å². The second-order valence-electron chi connectivity index (χ2n) is 6.77. The van der Waals surface area contributed by atoms with Crippen LogP contribution in [0.2, 0.25) is 0 Å². The number of hydrogen-bond acceptors (Lipinski definition) is 5. The molecule has 0 spiro atoms. The van der Waals surface area contributed by atoms with E-state index < -0.39 is 24.1 Å². The number of imide groups is 1. The number of halogens is 2. The van der Waals surface area contributed by atoms with Gasteiger partial charge in [-0.1, -0.05) is 47.1 Å². The first-order valence-corrected chi connectivity index (χ1v) is 10.9. The van der Waals surface area contributed by atoms with Crippen LogP contribution in [0.4, 0.5) is 4.79 Å². The summed E-state index contributed by atoms with van der Waals surface area (Å²) in [5, 5.41) is 21.4. The molecule has 0 aliphatic rings. The molecule has 31 heavy (non-hydrogen) atoms. The van der Waals surface area contributed by atoms with E-state index in [-0.39, 0.29) is 11.7 Å². The summed E-state index contributed by atoms with van der Waals surface area (Å²) in [4.78, 5) is 35.4. The molecule has 0 unspecified atom stereocenters. The predicted molar refractivity (Wildman–Crippen MR) is 122 cm³/mol. The second-order valence-corrected chi connectivity index (χ2v) is 8.54. The Kier molecular flexibility index (Phi) is 9.26. The molecule has 0 radical (unpaired) electrons. The Bertz CT molecular complexity index is 977. The number of carbonyl (C=O) groups excluding carboxylic acids is 2. The van der Waals surface area contributed by atoms with Gasteiger partial charge in [-0.15, -0.1) is 0 Å². The number of phenolic OH excluding ortho intramolecular Hbond substituents is 1. The first-order valence-electron chi connectivity index (χ1n) is 9.33. The van der Waals surface area contributed by atoms with Crippen molar-refractivity contribution in [2.24, 2.45) is 5.92 Å². The van der Waals surface area contributed by atoms with Crippen LogP contribution in [0, 0.1) is 5.92 Å². The Morgan fingerprint density at radius 3 is 2.48 bits per heavy atom. The summed E-state index contributed by atoms with van der Waals surface area (Å²) < 4.78 is 6.61. The summed E-state index contributed by atoms with van der Waals surface area (Å²) in [6.45, 7) is 1.81. The van der Waals surface area contributed by atoms with E-state index in [1.165, 1.54) is 6.08 Å². The van der Waals surface area contributed by atoms with Gasteiger partial charge in [0.25, 0.3) is 5.91 Å². The van der Waals surface area contributed by atoms with Crippen molar-refractivity contribution in [3.63, 3.8) is 0 Å². The van der Waals surface area contributed by atoms with Crippen molar-refractivity contribution in [1.82, 2.24) is 5.32 Å². The lowest BCUT2D eigenvalue weighted by molar-refractivity contribution is -0.131. The Labute approximate surface area is 196 Å². The fourth-order valence-corrected chi connectivity index (χ4v) is 4.14. The summed E-state index contributed by atoms with van der Waals surface area (Å²) in [6, 6.07) is 11.5. The van der Waals surface area contributed by atoms with Gasteiger partial charge in [0.2, 0.25) is 0 Å². The van der Waals surface area contributed by atoms with Gasteiger partial charge in [-0.05, 0) is 59.0 Å². The number of hydrogen-bond donors (Lipinski definition) is 3. The molecule has 2 aromatic carbocycles. The number of carbonyl (C=O) groups is 3. The third-order valence-corrected chi connectivity index (χ3v) is 5.48. The van der Waals surface area contributed by atoms with E-state index in [1.54, 1.807) is 49.4 Å². The molecule has 0 heterocycles. The number of phenols is 1. The van der Waals surface area contributed by atoms with E-state index in [2.05, 4.69) is 37.2 Å². The van der Waals surface area contributed by atoms with Crippen LogP contribution in [-0.4, -0.2) is 28.2 Å². The number of rotatable bonds is 8. The van der Waals surface area contributed by atoms with Gasteiger partial charge in [-0.2, -0.15) is 0 Å². The van der Waals surface area contributed by atoms with Gasteiger partial charge < -0.3 is 14.9 Å². The summed E-state index contributed by atoms with van der Waals surface area (Å²) in [7, 11) is 0. The lowest BCUT2D eigenvalue weighted by Gasteiger charge is -2.25. The second kappa shape index (κ2) is 11.7. The molecule has 0 saturated heterocycles. The standard InChI is InChI=1S/C22H21Br2NO6/c1-13(7-5-6-10-18(26)27)20(16-11-15(23)12-17(24)19(16)28)31-22(30)25-21(29)14-8-3-2-4-9-14/h2-4,6,8-13,20,28H,5,7H2,1H3,(H,26,27)(H,25,29,30)/b10-6+/t13-,20-/m0/s1. The van der Waals surface area contributed by atoms with Crippen LogP contribution in [0.25, 0.3) is 0 Å². The molecular formula is C22H21Br2NO6. The number of carboxylic acid groups (broad SMARTS) is 1. The minimum absolute atomic E-state index is 0.0942. The van der Waals surface area contributed by atoms with Crippen molar-refractivity contribution in [2.45, 2.75) is 25.9 Å². The van der Waals surface area contributed by atoms with Gasteiger partial charge in [0.1, 0.15) is 11.9 Å². The first kappa shape index (κ1) is 24.6. The third kappa shape index (κ3) is 7.52. The van der Waals surface area contributed by atoms with E-state index in [1.807, 2.05) is 0 Å². The first-order chi connectivity index (χ1) is 14.7. The van der Waals surface area contributed by atoms with Crippen LogP contribution in [-0.2, 0) is 9.53 Å². The lowest BCUT2D eigenvalue weighted by atomic mass is 9.92. The van der Waals surface area contributed by atoms with Gasteiger partial charge in [-0.25, -0.2) is 9.59 Å². The van der Waals surface area contributed by atoms with Gasteiger partial charge in [0.15, 0.2) is 0 Å². The maximum absolute atomic E-state index is 12.5. The molecule has 9 heteroatoms. The molecular weight excluding hydrogens is 534 g/mol. The monoisotopic (exact) mass is 553 g/mol. The van der Waals surface area contributed by atoms with Crippen LogP contribution in [0.1, 0.15) is 41.8 Å². The molecule has 2 atom stereocenters. The maximum atomic E-state index is 12.5. The molecule has 3 N–H and O–H groups in total.